The lowest BCUT2D eigenvalue weighted by molar-refractivity contribution is 0.0665. The molecular weight excluding hydrogens is 344 g/mol. The SMILES string of the molecule is O=C(O)c1ccc(CNC(=O)N2CCC(C(O)c3ccccc3)CC2)cc1. The largest absolute Gasteiger partial charge is 0.478 e. The van der Waals surface area contributed by atoms with E-state index >= 15 is 0 Å². The van der Waals surface area contributed by atoms with Gasteiger partial charge in [-0.25, -0.2) is 9.59 Å². The fourth-order valence-electron chi connectivity index (χ4n) is 3.40. The van der Waals surface area contributed by atoms with Gasteiger partial charge in [-0.2, -0.15) is 0 Å². The van der Waals surface area contributed by atoms with Gasteiger partial charge in [-0.3, -0.25) is 0 Å². The summed E-state index contributed by atoms with van der Waals surface area (Å²) in [5.74, 6) is -0.814. The van der Waals surface area contributed by atoms with Gasteiger partial charge in [0.1, 0.15) is 0 Å². The summed E-state index contributed by atoms with van der Waals surface area (Å²) in [6.45, 7) is 1.57. The number of amides is 2. The fraction of sp³-hybridized carbons (Fsp3) is 0.333. The summed E-state index contributed by atoms with van der Waals surface area (Å²) in [6.07, 6.45) is 1.03. The Labute approximate surface area is 158 Å². The molecule has 3 N–H and O–H groups in total. The molecule has 1 aliphatic heterocycles. The first-order valence-electron chi connectivity index (χ1n) is 9.12. The van der Waals surface area contributed by atoms with Crippen LogP contribution in [-0.2, 0) is 6.54 Å². The van der Waals surface area contributed by atoms with Gasteiger partial charge in [0.05, 0.1) is 11.7 Å². The molecule has 0 radical (unpaired) electrons. The number of piperidine rings is 1. The summed E-state index contributed by atoms with van der Waals surface area (Å²) in [4.78, 5) is 25.0. The third kappa shape index (κ3) is 4.86. The number of aromatic carboxylic acids is 1. The van der Waals surface area contributed by atoms with Crippen molar-refractivity contribution in [1.82, 2.24) is 10.2 Å². The number of carbonyl (C=O) groups is 2. The second-order valence-electron chi connectivity index (χ2n) is 6.84. The number of likely N-dealkylation sites (tertiary alicyclic amines) is 1. The highest BCUT2D eigenvalue weighted by Crippen LogP contribution is 2.30. The molecule has 0 aliphatic carbocycles. The minimum Gasteiger partial charge on any atom is -0.478 e. The lowest BCUT2D eigenvalue weighted by atomic mass is 9.87. The van der Waals surface area contributed by atoms with Crippen molar-refractivity contribution in [3.05, 3.63) is 71.3 Å². The van der Waals surface area contributed by atoms with Crippen molar-refractivity contribution in [2.75, 3.05) is 13.1 Å². The Bertz CT molecular complexity index is 769. The number of aliphatic hydroxyl groups is 1. The number of urea groups is 1. The van der Waals surface area contributed by atoms with E-state index in [1.807, 2.05) is 30.3 Å². The zero-order valence-corrected chi connectivity index (χ0v) is 15.0. The minimum absolute atomic E-state index is 0.134. The van der Waals surface area contributed by atoms with E-state index in [1.165, 1.54) is 12.1 Å². The molecule has 1 unspecified atom stereocenters. The maximum atomic E-state index is 12.4. The lowest BCUT2D eigenvalue weighted by Gasteiger charge is -2.34. The molecule has 0 spiro atoms. The van der Waals surface area contributed by atoms with Crippen LogP contribution in [0.15, 0.2) is 54.6 Å². The zero-order valence-electron chi connectivity index (χ0n) is 15.0. The monoisotopic (exact) mass is 368 g/mol. The van der Waals surface area contributed by atoms with E-state index in [1.54, 1.807) is 17.0 Å². The fourth-order valence-corrected chi connectivity index (χ4v) is 3.40. The maximum absolute atomic E-state index is 12.4. The van der Waals surface area contributed by atoms with Crippen molar-refractivity contribution in [3.8, 4) is 0 Å². The average molecular weight is 368 g/mol. The number of aliphatic hydroxyl groups excluding tert-OH is 1. The van der Waals surface area contributed by atoms with Crippen molar-refractivity contribution in [2.24, 2.45) is 5.92 Å². The Morgan fingerprint density at radius 3 is 2.26 bits per heavy atom. The Kier molecular flexibility index (Phi) is 6.08. The average Bonchev–Trinajstić information content (AvgIpc) is 2.72. The van der Waals surface area contributed by atoms with Crippen LogP contribution >= 0.6 is 0 Å². The quantitative estimate of drug-likeness (QED) is 0.757. The molecule has 0 saturated carbocycles. The van der Waals surface area contributed by atoms with E-state index in [0.717, 1.165) is 24.0 Å². The molecule has 2 aromatic rings. The van der Waals surface area contributed by atoms with Crippen LogP contribution in [0, 0.1) is 5.92 Å². The second kappa shape index (κ2) is 8.68. The molecule has 142 valence electrons. The van der Waals surface area contributed by atoms with Crippen molar-refractivity contribution in [3.63, 3.8) is 0 Å². The van der Waals surface area contributed by atoms with E-state index in [4.69, 9.17) is 5.11 Å². The highest BCUT2D eigenvalue weighted by Gasteiger charge is 2.28. The molecule has 1 atom stereocenters. The molecule has 2 amide bonds. The summed E-state index contributed by atoms with van der Waals surface area (Å²) in [7, 11) is 0. The first-order valence-corrected chi connectivity index (χ1v) is 9.12. The molecule has 1 fully saturated rings. The van der Waals surface area contributed by atoms with Crippen LogP contribution in [-0.4, -0.2) is 40.2 Å². The van der Waals surface area contributed by atoms with Crippen LogP contribution in [0.5, 0.6) is 0 Å². The molecule has 0 bridgehead atoms. The van der Waals surface area contributed by atoms with Gasteiger partial charge in [-0.05, 0) is 42.0 Å². The number of carboxylic acid groups (broad SMARTS) is 1. The van der Waals surface area contributed by atoms with Gasteiger partial charge >= 0.3 is 12.0 Å². The molecule has 0 aromatic heterocycles. The Morgan fingerprint density at radius 2 is 1.67 bits per heavy atom. The standard InChI is InChI=1S/C21H24N2O4/c24-19(16-4-2-1-3-5-16)17-10-12-23(13-11-17)21(27)22-14-15-6-8-18(9-7-15)20(25)26/h1-9,17,19,24H,10-14H2,(H,22,27)(H,25,26). The minimum atomic E-state index is -0.967. The number of hydrogen-bond acceptors (Lipinski definition) is 3. The first-order chi connectivity index (χ1) is 13.0. The number of rotatable bonds is 5. The van der Waals surface area contributed by atoms with E-state index in [0.29, 0.717) is 19.6 Å². The molecule has 1 heterocycles. The van der Waals surface area contributed by atoms with Crippen LogP contribution in [0.2, 0.25) is 0 Å². The zero-order chi connectivity index (χ0) is 19.2. The Morgan fingerprint density at radius 1 is 1.04 bits per heavy atom. The van der Waals surface area contributed by atoms with Crippen molar-refractivity contribution in [2.45, 2.75) is 25.5 Å². The van der Waals surface area contributed by atoms with Gasteiger partial charge in [0.15, 0.2) is 0 Å². The van der Waals surface area contributed by atoms with Crippen LogP contribution in [0.3, 0.4) is 0 Å². The van der Waals surface area contributed by atoms with Gasteiger partial charge in [0, 0.05) is 19.6 Å². The van der Waals surface area contributed by atoms with Crippen molar-refractivity contribution in [1.29, 1.82) is 0 Å². The molecule has 1 aliphatic rings. The highest BCUT2D eigenvalue weighted by molar-refractivity contribution is 5.87. The van der Waals surface area contributed by atoms with Gasteiger partial charge in [0.2, 0.25) is 0 Å². The van der Waals surface area contributed by atoms with Crippen LogP contribution in [0.25, 0.3) is 0 Å². The molecule has 6 heteroatoms. The number of nitrogens with zero attached hydrogens (tertiary/aromatic N) is 1. The first kappa shape index (κ1) is 18.9. The smallest absolute Gasteiger partial charge is 0.335 e. The van der Waals surface area contributed by atoms with Crippen LogP contribution in [0.4, 0.5) is 4.79 Å². The number of benzene rings is 2. The van der Waals surface area contributed by atoms with E-state index in [9.17, 15) is 14.7 Å². The number of nitrogens with one attached hydrogen (secondary N) is 1. The predicted molar refractivity (Wildman–Crippen MR) is 101 cm³/mol. The van der Waals surface area contributed by atoms with Gasteiger partial charge < -0.3 is 20.4 Å². The van der Waals surface area contributed by atoms with Crippen LogP contribution in [0.1, 0.15) is 40.4 Å². The summed E-state index contributed by atoms with van der Waals surface area (Å²) in [5, 5.41) is 22.3. The molecular formula is C21H24N2O4. The van der Waals surface area contributed by atoms with Crippen molar-refractivity contribution >= 4 is 12.0 Å². The molecule has 1 saturated heterocycles. The summed E-state index contributed by atoms with van der Waals surface area (Å²) in [6, 6.07) is 16.0. The van der Waals surface area contributed by atoms with Gasteiger partial charge in [0.25, 0.3) is 0 Å². The molecule has 6 nitrogen and oxygen atoms in total. The maximum Gasteiger partial charge on any atom is 0.335 e. The lowest BCUT2D eigenvalue weighted by Crippen LogP contribution is -2.44. The predicted octanol–water partition coefficient (Wildman–Crippen LogP) is 3.04. The molecule has 27 heavy (non-hydrogen) atoms. The summed E-state index contributed by atoms with van der Waals surface area (Å²) in [5.41, 5.74) is 2.00. The summed E-state index contributed by atoms with van der Waals surface area (Å²) < 4.78 is 0. The van der Waals surface area contributed by atoms with E-state index in [2.05, 4.69) is 5.32 Å². The second-order valence-corrected chi connectivity index (χ2v) is 6.84. The Balaban J connectivity index is 1.46. The van der Waals surface area contributed by atoms with Gasteiger partial charge in [-0.1, -0.05) is 42.5 Å². The molecule has 3 rings (SSSR count). The Hall–Kier alpha value is -2.86. The third-order valence-corrected chi connectivity index (χ3v) is 5.06. The topological polar surface area (TPSA) is 89.9 Å². The highest BCUT2D eigenvalue weighted by atomic mass is 16.4. The number of hydrogen-bond donors (Lipinski definition) is 3. The number of carbonyl (C=O) groups excluding carboxylic acids is 1. The normalized spacial score (nSPS) is 16.0. The number of carboxylic acids is 1. The third-order valence-electron chi connectivity index (χ3n) is 5.06. The summed E-state index contributed by atoms with van der Waals surface area (Å²) >= 11 is 0. The van der Waals surface area contributed by atoms with E-state index in [-0.39, 0.29) is 17.5 Å². The van der Waals surface area contributed by atoms with Crippen molar-refractivity contribution < 1.29 is 19.8 Å². The van der Waals surface area contributed by atoms with E-state index < -0.39 is 12.1 Å². The van der Waals surface area contributed by atoms with Gasteiger partial charge in [-0.15, -0.1) is 0 Å². The van der Waals surface area contributed by atoms with Crippen LogP contribution < -0.4 is 5.32 Å². The molecule has 2 aromatic carbocycles.